The number of esters is 1. The van der Waals surface area contributed by atoms with E-state index in [0.717, 1.165) is 11.1 Å². The maximum atomic E-state index is 12.1. The van der Waals surface area contributed by atoms with Gasteiger partial charge in [0.2, 0.25) is 0 Å². The number of oxime groups is 1. The minimum Gasteiger partial charge on any atom is -0.423 e. The number of carbonyl (C=O) groups is 1. The molecule has 0 amide bonds. The molecule has 0 saturated carbocycles. The van der Waals surface area contributed by atoms with Crippen LogP contribution in [-0.4, -0.2) is 17.4 Å². The third-order valence-electron chi connectivity index (χ3n) is 3.28. The first kappa shape index (κ1) is 15.8. The fourth-order valence-electron chi connectivity index (χ4n) is 1.96. The lowest BCUT2D eigenvalue weighted by Crippen LogP contribution is -2.12. The van der Waals surface area contributed by atoms with Crippen molar-refractivity contribution in [1.29, 1.82) is 0 Å². The zero-order chi connectivity index (χ0) is 16.2. The number of ether oxygens (including phenoxy) is 1. The van der Waals surface area contributed by atoms with E-state index in [1.165, 1.54) is 6.21 Å². The molecule has 0 aromatic heterocycles. The van der Waals surface area contributed by atoms with E-state index >= 15 is 0 Å². The molecule has 1 N–H and O–H groups in total. The first-order chi connectivity index (χ1) is 10.4. The molecule has 0 atom stereocenters. The molecule has 0 fully saturated rings. The van der Waals surface area contributed by atoms with Gasteiger partial charge < -0.3 is 9.94 Å². The van der Waals surface area contributed by atoms with E-state index in [0.29, 0.717) is 11.3 Å². The largest absolute Gasteiger partial charge is 0.423 e. The molecular formula is C18H19NO3. The van der Waals surface area contributed by atoms with Crippen molar-refractivity contribution >= 4 is 12.2 Å². The van der Waals surface area contributed by atoms with Crippen molar-refractivity contribution in [2.75, 3.05) is 0 Å². The highest BCUT2D eigenvalue weighted by Crippen LogP contribution is 2.22. The van der Waals surface area contributed by atoms with Gasteiger partial charge in [0.1, 0.15) is 5.75 Å². The van der Waals surface area contributed by atoms with Gasteiger partial charge in [0.25, 0.3) is 0 Å². The topological polar surface area (TPSA) is 58.9 Å². The predicted octanol–water partition coefficient (Wildman–Crippen LogP) is 4.01. The number of benzene rings is 2. The molecule has 0 spiro atoms. The second kappa shape index (κ2) is 6.43. The van der Waals surface area contributed by atoms with Crippen LogP contribution in [0.2, 0.25) is 0 Å². The van der Waals surface area contributed by atoms with Gasteiger partial charge in [-0.1, -0.05) is 38.1 Å². The van der Waals surface area contributed by atoms with Gasteiger partial charge in [0.15, 0.2) is 0 Å². The molecule has 114 valence electrons. The van der Waals surface area contributed by atoms with E-state index in [2.05, 4.69) is 25.9 Å². The van der Waals surface area contributed by atoms with Gasteiger partial charge in [-0.25, -0.2) is 4.79 Å². The minimum atomic E-state index is -0.399. The van der Waals surface area contributed by atoms with Crippen LogP contribution in [0.4, 0.5) is 0 Å². The third kappa shape index (κ3) is 3.95. The maximum absolute atomic E-state index is 12.1. The van der Waals surface area contributed by atoms with Crippen LogP contribution in [0.15, 0.2) is 53.7 Å². The Morgan fingerprint density at radius 1 is 1.05 bits per heavy atom. The standard InChI is InChI=1S/C18H19NO3/c1-18(2,3)15-8-6-14(7-9-15)17(20)22-16-10-4-13(5-11-16)12-19-21/h4-12,21H,1-3H3. The third-order valence-corrected chi connectivity index (χ3v) is 3.28. The molecule has 4 nitrogen and oxygen atoms in total. The lowest BCUT2D eigenvalue weighted by atomic mass is 9.87. The molecule has 0 aliphatic carbocycles. The van der Waals surface area contributed by atoms with Gasteiger partial charge in [-0.2, -0.15) is 0 Å². The number of hydrogen-bond donors (Lipinski definition) is 1. The summed E-state index contributed by atoms with van der Waals surface area (Å²) in [5, 5.41) is 11.4. The first-order valence-corrected chi connectivity index (χ1v) is 7.00. The molecular weight excluding hydrogens is 278 g/mol. The highest BCUT2D eigenvalue weighted by molar-refractivity contribution is 5.91. The van der Waals surface area contributed by atoms with E-state index in [-0.39, 0.29) is 5.41 Å². The van der Waals surface area contributed by atoms with Crippen LogP contribution in [0.25, 0.3) is 0 Å². The molecule has 22 heavy (non-hydrogen) atoms. The van der Waals surface area contributed by atoms with Crippen molar-refractivity contribution in [2.45, 2.75) is 26.2 Å². The van der Waals surface area contributed by atoms with Gasteiger partial charge in [-0.3, -0.25) is 0 Å². The SMILES string of the molecule is CC(C)(C)c1ccc(C(=O)Oc2ccc(C=NO)cc2)cc1. The average molecular weight is 297 g/mol. The molecule has 4 heteroatoms. The van der Waals surface area contributed by atoms with Gasteiger partial charge in [-0.15, -0.1) is 0 Å². The maximum Gasteiger partial charge on any atom is 0.343 e. The van der Waals surface area contributed by atoms with Crippen molar-refractivity contribution < 1.29 is 14.7 Å². The molecule has 0 radical (unpaired) electrons. The van der Waals surface area contributed by atoms with E-state index < -0.39 is 5.97 Å². The zero-order valence-electron chi connectivity index (χ0n) is 12.9. The quantitative estimate of drug-likeness (QED) is 0.306. The smallest absolute Gasteiger partial charge is 0.343 e. The molecule has 0 unspecified atom stereocenters. The van der Waals surface area contributed by atoms with Crippen LogP contribution in [-0.2, 0) is 5.41 Å². The number of nitrogens with zero attached hydrogens (tertiary/aromatic N) is 1. The van der Waals surface area contributed by atoms with Crippen molar-refractivity contribution in [2.24, 2.45) is 5.16 Å². The van der Waals surface area contributed by atoms with Crippen LogP contribution in [0, 0.1) is 0 Å². The molecule has 2 aromatic rings. The van der Waals surface area contributed by atoms with Crippen LogP contribution in [0.1, 0.15) is 42.3 Å². The monoisotopic (exact) mass is 297 g/mol. The average Bonchev–Trinajstić information content (AvgIpc) is 2.49. The Morgan fingerprint density at radius 3 is 2.14 bits per heavy atom. The van der Waals surface area contributed by atoms with Crippen LogP contribution in [0.5, 0.6) is 5.75 Å². The van der Waals surface area contributed by atoms with Gasteiger partial charge in [0.05, 0.1) is 11.8 Å². The van der Waals surface area contributed by atoms with Crippen molar-refractivity contribution in [3.8, 4) is 5.75 Å². The number of hydrogen-bond acceptors (Lipinski definition) is 4. The van der Waals surface area contributed by atoms with Crippen LogP contribution in [0.3, 0.4) is 0 Å². The Kier molecular flexibility index (Phi) is 4.61. The summed E-state index contributed by atoms with van der Waals surface area (Å²) in [5.74, 6) is 0.0454. The van der Waals surface area contributed by atoms with Crippen molar-refractivity contribution in [1.82, 2.24) is 0 Å². The predicted molar refractivity (Wildman–Crippen MR) is 85.9 cm³/mol. The lowest BCUT2D eigenvalue weighted by Gasteiger charge is -2.18. The second-order valence-corrected chi connectivity index (χ2v) is 6.03. The van der Waals surface area contributed by atoms with E-state index in [1.807, 2.05) is 12.1 Å². The first-order valence-electron chi connectivity index (χ1n) is 7.00. The number of rotatable bonds is 3. The summed E-state index contributed by atoms with van der Waals surface area (Å²) in [5.41, 5.74) is 2.44. The Labute approximate surface area is 130 Å². The fraction of sp³-hybridized carbons (Fsp3) is 0.222. The van der Waals surface area contributed by atoms with Crippen LogP contribution >= 0.6 is 0 Å². The molecule has 2 aromatic carbocycles. The van der Waals surface area contributed by atoms with Crippen LogP contribution < -0.4 is 4.74 Å². The Hall–Kier alpha value is -2.62. The summed E-state index contributed by atoms with van der Waals surface area (Å²) < 4.78 is 5.31. The zero-order valence-corrected chi connectivity index (χ0v) is 12.9. The molecule has 0 bridgehead atoms. The minimum absolute atomic E-state index is 0.0481. The van der Waals surface area contributed by atoms with E-state index in [1.54, 1.807) is 36.4 Å². The molecule has 0 saturated heterocycles. The second-order valence-electron chi connectivity index (χ2n) is 6.03. The fourth-order valence-corrected chi connectivity index (χ4v) is 1.96. The highest BCUT2D eigenvalue weighted by atomic mass is 16.5. The van der Waals surface area contributed by atoms with Gasteiger partial charge >= 0.3 is 5.97 Å². The molecule has 0 aliphatic heterocycles. The summed E-state index contributed by atoms with van der Waals surface area (Å²) in [4.78, 5) is 12.1. The van der Waals surface area contributed by atoms with Gasteiger partial charge in [0, 0.05) is 0 Å². The molecule has 0 aliphatic rings. The Bertz CT molecular complexity index is 665. The summed E-state index contributed by atoms with van der Waals surface area (Å²) >= 11 is 0. The van der Waals surface area contributed by atoms with Crippen molar-refractivity contribution in [3.05, 3.63) is 65.2 Å². The van der Waals surface area contributed by atoms with Crippen molar-refractivity contribution in [3.63, 3.8) is 0 Å². The number of carbonyl (C=O) groups excluding carboxylic acids is 1. The lowest BCUT2D eigenvalue weighted by molar-refractivity contribution is 0.0734. The molecule has 0 heterocycles. The van der Waals surface area contributed by atoms with E-state index in [4.69, 9.17) is 9.94 Å². The summed E-state index contributed by atoms with van der Waals surface area (Å²) in [6, 6.07) is 14.1. The summed E-state index contributed by atoms with van der Waals surface area (Å²) in [6.45, 7) is 6.37. The normalized spacial score (nSPS) is 11.6. The molecule has 2 rings (SSSR count). The highest BCUT2D eigenvalue weighted by Gasteiger charge is 2.15. The van der Waals surface area contributed by atoms with E-state index in [9.17, 15) is 4.79 Å². The summed E-state index contributed by atoms with van der Waals surface area (Å²) in [7, 11) is 0. The summed E-state index contributed by atoms with van der Waals surface area (Å²) in [6.07, 6.45) is 1.30. The van der Waals surface area contributed by atoms with Gasteiger partial charge in [-0.05, 0) is 52.9 Å². The Balaban J connectivity index is 2.08. The Morgan fingerprint density at radius 2 is 1.64 bits per heavy atom.